The summed E-state index contributed by atoms with van der Waals surface area (Å²) in [7, 11) is 0. The zero-order valence-corrected chi connectivity index (χ0v) is 13.1. The molecule has 1 heterocycles. The largest absolute Gasteiger partial charge is 0.352 e. The Bertz CT molecular complexity index is 676. The fraction of sp³-hybridized carbons (Fsp3) is 0.278. The van der Waals surface area contributed by atoms with E-state index in [1.165, 1.54) is 6.92 Å². The van der Waals surface area contributed by atoms with Crippen LogP contribution in [-0.2, 0) is 0 Å². The topological polar surface area (TPSA) is 59.1 Å². The minimum atomic E-state index is -0.0871. The highest BCUT2D eigenvalue weighted by atomic mass is 16.1. The van der Waals surface area contributed by atoms with Gasteiger partial charge >= 0.3 is 0 Å². The van der Waals surface area contributed by atoms with E-state index in [1.807, 2.05) is 18.2 Å². The smallest absolute Gasteiger partial charge is 0.251 e. The molecule has 1 aromatic carbocycles. The SMILES string of the molecule is CC(=O)c1ccc(-c2cccc(C(=O)NCC(C)C)c2)nc1. The molecular weight excluding hydrogens is 276 g/mol. The predicted octanol–water partition coefficient (Wildman–Crippen LogP) is 3.34. The molecule has 1 N–H and O–H groups in total. The van der Waals surface area contributed by atoms with Crippen LogP contribution in [-0.4, -0.2) is 23.2 Å². The zero-order chi connectivity index (χ0) is 16.1. The lowest BCUT2D eigenvalue weighted by Crippen LogP contribution is -2.27. The van der Waals surface area contributed by atoms with E-state index in [-0.39, 0.29) is 11.7 Å². The molecule has 114 valence electrons. The van der Waals surface area contributed by atoms with Crippen molar-refractivity contribution in [3.63, 3.8) is 0 Å². The van der Waals surface area contributed by atoms with Crippen molar-refractivity contribution in [2.45, 2.75) is 20.8 Å². The minimum Gasteiger partial charge on any atom is -0.352 e. The van der Waals surface area contributed by atoms with E-state index in [0.29, 0.717) is 23.6 Å². The Kier molecular flexibility index (Phi) is 5.04. The van der Waals surface area contributed by atoms with Crippen LogP contribution in [0.4, 0.5) is 0 Å². The maximum atomic E-state index is 12.1. The second kappa shape index (κ2) is 6.98. The molecule has 0 spiro atoms. The standard InChI is InChI=1S/C18H20N2O2/c1-12(2)10-20-18(22)15-6-4-5-14(9-15)17-8-7-16(11-19-17)13(3)21/h4-9,11-12H,10H2,1-3H3,(H,20,22). The van der Waals surface area contributed by atoms with E-state index < -0.39 is 0 Å². The number of Topliss-reactive ketones (excluding diaryl/α,β-unsaturated/α-hetero) is 1. The summed E-state index contributed by atoms with van der Waals surface area (Å²) in [4.78, 5) is 27.7. The van der Waals surface area contributed by atoms with Gasteiger partial charge in [-0.1, -0.05) is 26.0 Å². The summed E-state index contributed by atoms with van der Waals surface area (Å²) in [5, 5.41) is 2.90. The summed E-state index contributed by atoms with van der Waals surface area (Å²) in [5.41, 5.74) is 2.78. The third-order valence-corrected chi connectivity index (χ3v) is 3.26. The lowest BCUT2D eigenvalue weighted by atomic mass is 10.1. The van der Waals surface area contributed by atoms with E-state index in [1.54, 1.807) is 24.4 Å². The molecule has 0 saturated heterocycles. The molecule has 4 heteroatoms. The Morgan fingerprint density at radius 1 is 1.14 bits per heavy atom. The first kappa shape index (κ1) is 15.9. The number of hydrogen-bond donors (Lipinski definition) is 1. The summed E-state index contributed by atoms with van der Waals surface area (Å²) in [6.07, 6.45) is 1.56. The molecule has 0 bridgehead atoms. The summed E-state index contributed by atoms with van der Waals surface area (Å²) < 4.78 is 0. The van der Waals surface area contributed by atoms with Crippen LogP contribution in [0.5, 0.6) is 0 Å². The van der Waals surface area contributed by atoms with Gasteiger partial charge in [0.25, 0.3) is 5.91 Å². The predicted molar refractivity (Wildman–Crippen MR) is 86.8 cm³/mol. The van der Waals surface area contributed by atoms with E-state index in [4.69, 9.17) is 0 Å². The van der Waals surface area contributed by atoms with Crippen LogP contribution in [0, 0.1) is 5.92 Å². The van der Waals surface area contributed by atoms with Gasteiger partial charge in [-0.25, -0.2) is 0 Å². The van der Waals surface area contributed by atoms with Gasteiger partial charge in [-0.15, -0.1) is 0 Å². The monoisotopic (exact) mass is 296 g/mol. The molecule has 1 amide bonds. The van der Waals surface area contributed by atoms with Crippen molar-refractivity contribution >= 4 is 11.7 Å². The Hall–Kier alpha value is -2.49. The Morgan fingerprint density at radius 3 is 2.50 bits per heavy atom. The molecule has 0 saturated carbocycles. The first-order chi connectivity index (χ1) is 10.5. The highest BCUT2D eigenvalue weighted by Crippen LogP contribution is 2.18. The van der Waals surface area contributed by atoms with Crippen LogP contribution < -0.4 is 5.32 Å². The average Bonchev–Trinajstić information content (AvgIpc) is 2.52. The van der Waals surface area contributed by atoms with Crippen molar-refractivity contribution in [1.82, 2.24) is 10.3 Å². The van der Waals surface area contributed by atoms with Crippen molar-refractivity contribution in [3.8, 4) is 11.3 Å². The molecule has 2 rings (SSSR count). The first-order valence-corrected chi connectivity index (χ1v) is 7.33. The van der Waals surface area contributed by atoms with Gasteiger partial charge in [0.15, 0.2) is 5.78 Å². The summed E-state index contributed by atoms with van der Waals surface area (Å²) in [5.74, 6) is 0.310. The van der Waals surface area contributed by atoms with Crippen LogP contribution in [0.3, 0.4) is 0 Å². The number of nitrogens with one attached hydrogen (secondary N) is 1. The molecule has 4 nitrogen and oxygen atoms in total. The molecule has 0 atom stereocenters. The van der Waals surface area contributed by atoms with Crippen molar-refractivity contribution in [2.24, 2.45) is 5.92 Å². The number of ketones is 1. The van der Waals surface area contributed by atoms with Crippen molar-refractivity contribution in [2.75, 3.05) is 6.54 Å². The minimum absolute atomic E-state index is 0.0131. The van der Waals surface area contributed by atoms with Crippen LogP contribution in [0.15, 0.2) is 42.6 Å². The number of carbonyl (C=O) groups is 2. The third-order valence-electron chi connectivity index (χ3n) is 3.26. The molecule has 0 aliphatic heterocycles. The molecule has 0 fully saturated rings. The number of rotatable bonds is 5. The number of nitrogens with zero attached hydrogens (tertiary/aromatic N) is 1. The van der Waals surface area contributed by atoms with Gasteiger partial charge in [-0.3, -0.25) is 14.6 Å². The van der Waals surface area contributed by atoms with Crippen molar-refractivity contribution in [1.29, 1.82) is 0 Å². The van der Waals surface area contributed by atoms with Gasteiger partial charge in [-0.05, 0) is 37.1 Å². The van der Waals surface area contributed by atoms with Gasteiger partial charge in [0.1, 0.15) is 0 Å². The quantitative estimate of drug-likeness (QED) is 0.861. The number of pyridine rings is 1. The zero-order valence-electron chi connectivity index (χ0n) is 13.1. The fourth-order valence-corrected chi connectivity index (χ4v) is 1.99. The van der Waals surface area contributed by atoms with E-state index >= 15 is 0 Å². The van der Waals surface area contributed by atoms with Crippen LogP contribution in [0.1, 0.15) is 41.5 Å². The number of carbonyl (C=O) groups excluding carboxylic acids is 2. The number of aromatic nitrogens is 1. The Morgan fingerprint density at radius 2 is 1.91 bits per heavy atom. The Labute approximate surface area is 130 Å². The highest BCUT2D eigenvalue weighted by molar-refractivity contribution is 5.95. The molecule has 22 heavy (non-hydrogen) atoms. The maximum Gasteiger partial charge on any atom is 0.251 e. The first-order valence-electron chi connectivity index (χ1n) is 7.33. The molecular formula is C18H20N2O2. The highest BCUT2D eigenvalue weighted by Gasteiger charge is 2.08. The van der Waals surface area contributed by atoms with Gasteiger partial charge in [0.2, 0.25) is 0 Å². The normalized spacial score (nSPS) is 10.5. The lowest BCUT2D eigenvalue weighted by Gasteiger charge is -2.09. The third kappa shape index (κ3) is 4.01. The van der Waals surface area contributed by atoms with E-state index in [9.17, 15) is 9.59 Å². The van der Waals surface area contributed by atoms with Gasteiger partial charge < -0.3 is 5.32 Å². The molecule has 2 aromatic rings. The average molecular weight is 296 g/mol. The summed E-state index contributed by atoms with van der Waals surface area (Å²) in [6.45, 7) is 6.26. The van der Waals surface area contributed by atoms with Gasteiger partial charge in [-0.2, -0.15) is 0 Å². The summed E-state index contributed by atoms with van der Waals surface area (Å²) >= 11 is 0. The van der Waals surface area contributed by atoms with E-state index in [0.717, 1.165) is 11.3 Å². The number of benzene rings is 1. The maximum absolute atomic E-state index is 12.1. The summed E-state index contributed by atoms with van der Waals surface area (Å²) in [6, 6.07) is 10.9. The van der Waals surface area contributed by atoms with Gasteiger partial charge in [0.05, 0.1) is 5.69 Å². The molecule has 0 radical (unpaired) electrons. The van der Waals surface area contributed by atoms with Gasteiger partial charge in [0, 0.05) is 29.4 Å². The fourth-order valence-electron chi connectivity index (χ4n) is 1.99. The lowest BCUT2D eigenvalue weighted by molar-refractivity contribution is 0.0948. The molecule has 0 unspecified atom stereocenters. The van der Waals surface area contributed by atoms with Crippen molar-refractivity contribution < 1.29 is 9.59 Å². The molecule has 0 aliphatic carbocycles. The van der Waals surface area contributed by atoms with Crippen LogP contribution >= 0.6 is 0 Å². The van der Waals surface area contributed by atoms with Crippen LogP contribution in [0.2, 0.25) is 0 Å². The Balaban J connectivity index is 2.20. The molecule has 1 aromatic heterocycles. The van der Waals surface area contributed by atoms with Crippen molar-refractivity contribution in [3.05, 3.63) is 53.7 Å². The second-order valence-electron chi connectivity index (χ2n) is 5.67. The second-order valence-corrected chi connectivity index (χ2v) is 5.67. The number of hydrogen-bond acceptors (Lipinski definition) is 3. The molecule has 0 aliphatic rings. The van der Waals surface area contributed by atoms with Crippen LogP contribution in [0.25, 0.3) is 11.3 Å². The van der Waals surface area contributed by atoms with E-state index in [2.05, 4.69) is 24.1 Å². The number of amides is 1.